The molecule has 32 heavy (non-hydrogen) atoms. The number of hydrogen-bond donors (Lipinski definition) is 2. The average molecular weight is 441 g/mol. The highest BCUT2D eigenvalue weighted by atomic mass is 16.5. The SMILES string of the molecule is CCOc1cccc2c1OCCCCCNC(=O)CN(CC(=O)Nc1ccncc1C)C2. The average Bonchev–Trinajstić information content (AvgIpc) is 2.77. The van der Waals surface area contributed by atoms with E-state index in [2.05, 4.69) is 15.6 Å². The van der Waals surface area contributed by atoms with Crippen molar-refractivity contribution in [3.8, 4) is 11.5 Å². The fourth-order valence-electron chi connectivity index (χ4n) is 3.60. The first-order valence-electron chi connectivity index (χ1n) is 11.1. The largest absolute Gasteiger partial charge is 0.490 e. The van der Waals surface area contributed by atoms with Crippen LogP contribution in [-0.4, -0.2) is 54.5 Å². The third-order valence-corrected chi connectivity index (χ3v) is 5.17. The number of aryl methyl sites for hydroxylation is 1. The Bertz CT molecular complexity index is 919. The van der Waals surface area contributed by atoms with Gasteiger partial charge >= 0.3 is 0 Å². The lowest BCUT2D eigenvalue weighted by atomic mass is 10.1. The number of nitrogens with one attached hydrogen (secondary N) is 2. The minimum absolute atomic E-state index is 0.0630. The van der Waals surface area contributed by atoms with E-state index in [1.165, 1.54) is 0 Å². The number of carbonyl (C=O) groups excluding carboxylic acids is 2. The molecular formula is C24H32N4O4. The highest BCUT2D eigenvalue weighted by Crippen LogP contribution is 2.32. The number of nitrogens with zero attached hydrogens (tertiary/aromatic N) is 2. The molecule has 0 fully saturated rings. The van der Waals surface area contributed by atoms with Crippen molar-refractivity contribution in [1.29, 1.82) is 0 Å². The Labute approximate surface area is 189 Å². The molecular weight excluding hydrogens is 408 g/mol. The Morgan fingerprint density at radius 2 is 2.12 bits per heavy atom. The van der Waals surface area contributed by atoms with Gasteiger partial charge in [0.25, 0.3) is 0 Å². The molecule has 2 amide bonds. The van der Waals surface area contributed by atoms with Gasteiger partial charge < -0.3 is 20.1 Å². The lowest BCUT2D eigenvalue weighted by Gasteiger charge is -2.23. The highest BCUT2D eigenvalue weighted by Gasteiger charge is 2.20. The summed E-state index contributed by atoms with van der Waals surface area (Å²) in [5, 5.41) is 5.87. The fraction of sp³-hybridized carbons (Fsp3) is 0.458. The first-order chi connectivity index (χ1) is 15.6. The third kappa shape index (κ3) is 6.95. The normalized spacial score (nSPS) is 15.8. The molecule has 0 spiro atoms. The fourth-order valence-corrected chi connectivity index (χ4v) is 3.60. The Kier molecular flexibility index (Phi) is 8.86. The summed E-state index contributed by atoms with van der Waals surface area (Å²) in [6.45, 7) is 6.10. The summed E-state index contributed by atoms with van der Waals surface area (Å²) in [7, 11) is 0. The number of ether oxygens (including phenoxy) is 2. The number of rotatable bonds is 5. The number of para-hydroxylation sites is 1. The van der Waals surface area contributed by atoms with E-state index < -0.39 is 0 Å². The first kappa shape index (κ1) is 23.5. The molecule has 0 radical (unpaired) electrons. The zero-order valence-corrected chi connectivity index (χ0v) is 18.9. The molecule has 1 aliphatic rings. The molecule has 0 saturated carbocycles. The molecule has 0 unspecified atom stereocenters. The predicted octanol–water partition coefficient (Wildman–Crippen LogP) is 2.91. The van der Waals surface area contributed by atoms with Gasteiger partial charge in [-0.15, -0.1) is 0 Å². The van der Waals surface area contributed by atoms with Crippen LogP contribution >= 0.6 is 0 Å². The van der Waals surface area contributed by atoms with Crippen LogP contribution in [0.4, 0.5) is 5.69 Å². The summed E-state index contributed by atoms with van der Waals surface area (Å²) in [5.74, 6) is 1.07. The van der Waals surface area contributed by atoms with Crippen molar-refractivity contribution in [3.05, 3.63) is 47.8 Å². The molecule has 0 aliphatic carbocycles. The van der Waals surface area contributed by atoms with Gasteiger partial charge in [0, 0.05) is 36.7 Å². The summed E-state index contributed by atoms with van der Waals surface area (Å²) in [6, 6.07) is 7.50. The quantitative estimate of drug-likeness (QED) is 0.743. The summed E-state index contributed by atoms with van der Waals surface area (Å²) in [6.07, 6.45) is 6.08. The van der Waals surface area contributed by atoms with Crippen LogP contribution in [0.15, 0.2) is 36.7 Å². The van der Waals surface area contributed by atoms with Crippen molar-refractivity contribution in [2.45, 2.75) is 39.7 Å². The van der Waals surface area contributed by atoms with Crippen molar-refractivity contribution in [2.75, 3.05) is 38.2 Å². The summed E-state index contributed by atoms with van der Waals surface area (Å²) >= 11 is 0. The monoisotopic (exact) mass is 440 g/mol. The van der Waals surface area contributed by atoms with Crippen molar-refractivity contribution in [2.24, 2.45) is 0 Å². The van der Waals surface area contributed by atoms with Crippen LogP contribution < -0.4 is 20.1 Å². The molecule has 1 aromatic carbocycles. The van der Waals surface area contributed by atoms with Crippen molar-refractivity contribution in [3.63, 3.8) is 0 Å². The summed E-state index contributed by atoms with van der Waals surface area (Å²) in [4.78, 5) is 31.2. The Morgan fingerprint density at radius 3 is 2.94 bits per heavy atom. The van der Waals surface area contributed by atoms with E-state index in [4.69, 9.17) is 9.47 Å². The molecule has 0 saturated heterocycles. The maximum absolute atomic E-state index is 12.8. The van der Waals surface area contributed by atoms with Gasteiger partial charge in [0.05, 0.1) is 26.3 Å². The number of fused-ring (bicyclic) bond motifs is 1. The van der Waals surface area contributed by atoms with Crippen LogP contribution in [0.25, 0.3) is 0 Å². The standard InChI is InChI=1S/C24H32N4O4/c1-3-31-21-9-7-8-19-15-28(17-23(30)27-20-10-12-25-14-18(20)2)16-22(29)26-11-5-4-6-13-32-24(19)21/h7-10,12,14H,3-6,11,13,15-17H2,1-2H3,(H,26,29)(H,25,27,30). The topological polar surface area (TPSA) is 92.8 Å². The molecule has 8 heteroatoms. The predicted molar refractivity (Wildman–Crippen MR) is 123 cm³/mol. The number of aromatic nitrogens is 1. The molecule has 172 valence electrons. The maximum atomic E-state index is 12.8. The van der Waals surface area contributed by atoms with Gasteiger partial charge in [-0.2, -0.15) is 0 Å². The highest BCUT2D eigenvalue weighted by molar-refractivity contribution is 5.93. The molecule has 2 heterocycles. The lowest BCUT2D eigenvalue weighted by molar-refractivity contribution is -0.123. The van der Waals surface area contributed by atoms with E-state index in [1.807, 2.05) is 36.9 Å². The zero-order valence-electron chi connectivity index (χ0n) is 18.9. The molecule has 1 aromatic heterocycles. The van der Waals surface area contributed by atoms with E-state index in [1.54, 1.807) is 18.5 Å². The molecule has 3 rings (SSSR count). The maximum Gasteiger partial charge on any atom is 0.238 e. The second-order valence-electron chi connectivity index (χ2n) is 7.82. The minimum atomic E-state index is -0.195. The van der Waals surface area contributed by atoms with E-state index in [9.17, 15) is 9.59 Å². The van der Waals surface area contributed by atoms with Gasteiger partial charge in [0.15, 0.2) is 11.5 Å². The van der Waals surface area contributed by atoms with Gasteiger partial charge in [0.2, 0.25) is 11.8 Å². The summed E-state index contributed by atoms with van der Waals surface area (Å²) in [5.41, 5.74) is 2.47. The van der Waals surface area contributed by atoms with Gasteiger partial charge in [-0.05, 0) is 50.8 Å². The number of benzene rings is 1. The van der Waals surface area contributed by atoms with Crippen molar-refractivity contribution >= 4 is 17.5 Å². The van der Waals surface area contributed by atoms with E-state index in [0.717, 1.165) is 30.4 Å². The number of pyridine rings is 1. The van der Waals surface area contributed by atoms with Gasteiger partial charge in [-0.25, -0.2) is 0 Å². The van der Waals surface area contributed by atoms with E-state index in [-0.39, 0.29) is 24.9 Å². The third-order valence-electron chi connectivity index (χ3n) is 5.17. The van der Waals surface area contributed by atoms with Gasteiger partial charge in [-0.1, -0.05) is 12.1 Å². The van der Waals surface area contributed by atoms with E-state index >= 15 is 0 Å². The number of hydrogen-bond acceptors (Lipinski definition) is 6. The second kappa shape index (κ2) is 12.0. The molecule has 2 aromatic rings. The number of carbonyl (C=O) groups is 2. The minimum Gasteiger partial charge on any atom is -0.490 e. The van der Waals surface area contributed by atoms with Crippen LogP contribution in [0.3, 0.4) is 0 Å². The van der Waals surface area contributed by atoms with E-state index in [0.29, 0.717) is 43.5 Å². The number of anilines is 1. The molecule has 2 N–H and O–H groups in total. The van der Waals surface area contributed by atoms with Gasteiger partial charge in [0.1, 0.15) is 0 Å². The van der Waals surface area contributed by atoms with Crippen LogP contribution in [0.2, 0.25) is 0 Å². The Balaban J connectivity index is 1.81. The van der Waals surface area contributed by atoms with Crippen LogP contribution in [-0.2, 0) is 16.1 Å². The van der Waals surface area contributed by atoms with Crippen molar-refractivity contribution in [1.82, 2.24) is 15.2 Å². The smallest absolute Gasteiger partial charge is 0.238 e. The molecule has 0 atom stereocenters. The van der Waals surface area contributed by atoms with Crippen LogP contribution in [0, 0.1) is 6.92 Å². The van der Waals surface area contributed by atoms with Crippen molar-refractivity contribution < 1.29 is 19.1 Å². The van der Waals surface area contributed by atoms with Crippen LogP contribution in [0.1, 0.15) is 37.3 Å². The molecule has 8 nitrogen and oxygen atoms in total. The van der Waals surface area contributed by atoms with Crippen LogP contribution in [0.5, 0.6) is 11.5 Å². The molecule has 0 bridgehead atoms. The van der Waals surface area contributed by atoms with Gasteiger partial charge in [-0.3, -0.25) is 19.5 Å². The summed E-state index contributed by atoms with van der Waals surface area (Å²) < 4.78 is 11.9. The molecule has 1 aliphatic heterocycles. The number of amides is 2. The Morgan fingerprint density at radius 1 is 1.25 bits per heavy atom. The first-order valence-corrected chi connectivity index (χ1v) is 11.1. The second-order valence-corrected chi connectivity index (χ2v) is 7.82. The lowest BCUT2D eigenvalue weighted by Crippen LogP contribution is -2.41. The Hall–Kier alpha value is -3.13. The zero-order chi connectivity index (χ0) is 22.8.